The van der Waals surface area contributed by atoms with Crippen LogP contribution in [0.25, 0.3) is 0 Å². The average Bonchev–Trinajstić information content (AvgIpc) is 2.72. The van der Waals surface area contributed by atoms with E-state index in [4.69, 9.17) is 4.74 Å². The molecule has 2 aromatic rings. The molecule has 3 rings (SSSR count). The number of hydrogen-bond donors (Lipinski definition) is 1. The third kappa shape index (κ3) is 4.10. The van der Waals surface area contributed by atoms with E-state index < -0.39 is 0 Å². The summed E-state index contributed by atoms with van der Waals surface area (Å²) in [4.78, 5) is 16.8. The lowest BCUT2D eigenvalue weighted by Gasteiger charge is -2.37. The highest BCUT2D eigenvalue weighted by atomic mass is 16.5. The molecule has 5 nitrogen and oxygen atoms in total. The van der Waals surface area contributed by atoms with Crippen LogP contribution in [0.1, 0.15) is 18.1 Å². The van der Waals surface area contributed by atoms with E-state index in [9.17, 15) is 4.79 Å². The van der Waals surface area contributed by atoms with E-state index in [1.165, 1.54) is 11.3 Å². The number of methoxy groups -OCH3 is 1. The summed E-state index contributed by atoms with van der Waals surface area (Å²) in [5, 5.41) is 3.01. The van der Waals surface area contributed by atoms with Crippen LogP contribution < -0.4 is 15.0 Å². The molecule has 0 aromatic heterocycles. The number of nitrogens with zero attached hydrogens (tertiary/aromatic N) is 2. The van der Waals surface area contributed by atoms with Crippen molar-refractivity contribution in [3.63, 3.8) is 0 Å². The summed E-state index contributed by atoms with van der Waals surface area (Å²) in [7, 11) is 1.65. The summed E-state index contributed by atoms with van der Waals surface area (Å²) in [6.45, 7) is 5.84. The van der Waals surface area contributed by atoms with Crippen molar-refractivity contribution in [3.05, 3.63) is 59.7 Å². The second kappa shape index (κ2) is 8.61. The Hall–Kier alpha value is -2.69. The monoisotopic (exact) mass is 353 g/mol. The summed E-state index contributed by atoms with van der Waals surface area (Å²) in [6, 6.07) is 16.3. The van der Waals surface area contributed by atoms with Crippen molar-refractivity contribution < 1.29 is 9.53 Å². The normalized spacial score (nSPS) is 14.2. The highest BCUT2D eigenvalue weighted by Crippen LogP contribution is 2.22. The molecular weight excluding hydrogens is 326 g/mol. The van der Waals surface area contributed by atoms with Crippen LogP contribution in [0, 0.1) is 0 Å². The van der Waals surface area contributed by atoms with Crippen LogP contribution in [-0.2, 0) is 13.0 Å². The van der Waals surface area contributed by atoms with Crippen LogP contribution in [0.3, 0.4) is 0 Å². The van der Waals surface area contributed by atoms with Crippen LogP contribution >= 0.6 is 0 Å². The maximum absolute atomic E-state index is 12.5. The van der Waals surface area contributed by atoms with Gasteiger partial charge in [-0.25, -0.2) is 4.79 Å². The molecule has 1 fully saturated rings. The van der Waals surface area contributed by atoms with Crippen molar-refractivity contribution in [3.8, 4) is 5.75 Å². The second-order valence-electron chi connectivity index (χ2n) is 6.43. The molecule has 1 heterocycles. The van der Waals surface area contributed by atoms with E-state index in [-0.39, 0.29) is 6.03 Å². The number of piperazine rings is 1. The zero-order valence-electron chi connectivity index (χ0n) is 15.6. The van der Waals surface area contributed by atoms with Gasteiger partial charge in [0.25, 0.3) is 0 Å². The Morgan fingerprint density at radius 2 is 1.65 bits per heavy atom. The van der Waals surface area contributed by atoms with Gasteiger partial charge < -0.3 is 19.9 Å². The molecule has 138 valence electrons. The number of para-hydroxylation sites is 2. The number of hydrogen-bond acceptors (Lipinski definition) is 3. The zero-order valence-corrected chi connectivity index (χ0v) is 15.6. The molecule has 0 spiro atoms. The first-order chi connectivity index (χ1) is 12.7. The van der Waals surface area contributed by atoms with Crippen molar-refractivity contribution in [2.75, 3.05) is 38.2 Å². The molecule has 0 bridgehead atoms. The fraction of sp³-hybridized carbons (Fsp3) is 0.381. The third-order valence-corrected chi connectivity index (χ3v) is 4.90. The van der Waals surface area contributed by atoms with Gasteiger partial charge in [-0.1, -0.05) is 43.3 Å². The Labute approximate surface area is 155 Å². The van der Waals surface area contributed by atoms with Crippen LogP contribution in [0.5, 0.6) is 5.75 Å². The number of anilines is 1. The van der Waals surface area contributed by atoms with Gasteiger partial charge in [-0.05, 0) is 24.1 Å². The summed E-state index contributed by atoms with van der Waals surface area (Å²) in [5.74, 6) is 0.800. The third-order valence-electron chi connectivity index (χ3n) is 4.90. The SMILES string of the molecule is CCc1ccccc1N1CCN(C(=O)NCc2ccccc2OC)CC1. The van der Waals surface area contributed by atoms with E-state index in [0.29, 0.717) is 6.54 Å². The molecule has 0 unspecified atom stereocenters. The molecule has 0 aliphatic carbocycles. The number of aryl methyl sites for hydroxylation is 1. The Bertz CT molecular complexity index is 740. The van der Waals surface area contributed by atoms with Crippen LogP contribution in [-0.4, -0.2) is 44.2 Å². The predicted octanol–water partition coefficient (Wildman–Crippen LogP) is 3.29. The minimum atomic E-state index is -0.0145. The van der Waals surface area contributed by atoms with E-state index in [1.54, 1.807) is 7.11 Å². The second-order valence-corrected chi connectivity index (χ2v) is 6.43. The number of ether oxygens (including phenoxy) is 1. The average molecular weight is 353 g/mol. The number of nitrogens with one attached hydrogen (secondary N) is 1. The predicted molar refractivity (Wildman–Crippen MR) is 105 cm³/mol. The lowest BCUT2D eigenvalue weighted by atomic mass is 10.1. The molecule has 0 atom stereocenters. The lowest BCUT2D eigenvalue weighted by Crippen LogP contribution is -2.51. The Balaban J connectivity index is 1.54. The van der Waals surface area contributed by atoms with Crippen molar-refractivity contribution in [2.45, 2.75) is 19.9 Å². The summed E-state index contributed by atoms with van der Waals surface area (Å²) in [5.41, 5.74) is 3.64. The summed E-state index contributed by atoms with van der Waals surface area (Å²) in [6.07, 6.45) is 1.02. The van der Waals surface area contributed by atoms with E-state index in [2.05, 4.69) is 41.4 Å². The van der Waals surface area contributed by atoms with Gasteiger partial charge >= 0.3 is 6.03 Å². The first-order valence-corrected chi connectivity index (χ1v) is 9.20. The van der Waals surface area contributed by atoms with Gasteiger partial charge in [0.1, 0.15) is 5.75 Å². The van der Waals surface area contributed by atoms with Gasteiger partial charge in [0, 0.05) is 44.0 Å². The molecule has 2 amide bonds. The summed E-state index contributed by atoms with van der Waals surface area (Å²) < 4.78 is 5.34. The van der Waals surface area contributed by atoms with Crippen molar-refractivity contribution in [2.24, 2.45) is 0 Å². The molecule has 2 aromatic carbocycles. The number of carbonyl (C=O) groups is 1. The zero-order chi connectivity index (χ0) is 18.4. The molecule has 0 saturated carbocycles. The molecule has 26 heavy (non-hydrogen) atoms. The van der Waals surface area contributed by atoms with Gasteiger partial charge in [-0.15, -0.1) is 0 Å². The Morgan fingerprint density at radius 1 is 1.00 bits per heavy atom. The largest absolute Gasteiger partial charge is 0.496 e. The fourth-order valence-electron chi connectivity index (χ4n) is 3.40. The van der Waals surface area contributed by atoms with E-state index in [1.807, 2.05) is 29.2 Å². The molecule has 5 heteroatoms. The van der Waals surface area contributed by atoms with Crippen LogP contribution in [0.15, 0.2) is 48.5 Å². The van der Waals surface area contributed by atoms with E-state index in [0.717, 1.165) is 43.9 Å². The van der Waals surface area contributed by atoms with Crippen LogP contribution in [0.2, 0.25) is 0 Å². The standard InChI is InChI=1S/C21H27N3O2/c1-3-17-8-4-6-10-19(17)23-12-14-24(15-13-23)21(25)22-16-18-9-5-7-11-20(18)26-2/h4-11H,3,12-16H2,1-2H3,(H,22,25). The minimum absolute atomic E-state index is 0.0145. The highest BCUT2D eigenvalue weighted by molar-refractivity contribution is 5.74. The summed E-state index contributed by atoms with van der Waals surface area (Å²) >= 11 is 0. The molecule has 0 radical (unpaired) electrons. The molecule has 1 aliphatic rings. The van der Waals surface area contributed by atoms with Gasteiger partial charge in [-0.2, -0.15) is 0 Å². The first kappa shape index (κ1) is 18.1. The number of benzene rings is 2. The van der Waals surface area contributed by atoms with Crippen LogP contribution in [0.4, 0.5) is 10.5 Å². The highest BCUT2D eigenvalue weighted by Gasteiger charge is 2.22. The smallest absolute Gasteiger partial charge is 0.317 e. The van der Waals surface area contributed by atoms with Gasteiger partial charge in [0.15, 0.2) is 0 Å². The number of urea groups is 1. The fourth-order valence-corrected chi connectivity index (χ4v) is 3.40. The topological polar surface area (TPSA) is 44.8 Å². The first-order valence-electron chi connectivity index (χ1n) is 9.20. The van der Waals surface area contributed by atoms with Crippen molar-refractivity contribution in [1.82, 2.24) is 10.2 Å². The number of carbonyl (C=O) groups excluding carboxylic acids is 1. The lowest BCUT2D eigenvalue weighted by molar-refractivity contribution is 0.194. The Kier molecular flexibility index (Phi) is 6.00. The van der Waals surface area contributed by atoms with Gasteiger partial charge in [0.2, 0.25) is 0 Å². The quantitative estimate of drug-likeness (QED) is 0.897. The number of rotatable bonds is 5. The maximum atomic E-state index is 12.5. The molecular formula is C21H27N3O2. The maximum Gasteiger partial charge on any atom is 0.317 e. The number of amides is 2. The Morgan fingerprint density at radius 3 is 2.35 bits per heavy atom. The van der Waals surface area contributed by atoms with Crippen molar-refractivity contribution >= 4 is 11.7 Å². The molecule has 1 N–H and O–H groups in total. The van der Waals surface area contributed by atoms with Gasteiger partial charge in [-0.3, -0.25) is 0 Å². The minimum Gasteiger partial charge on any atom is -0.496 e. The van der Waals surface area contributed by atoms with E-state index >= 15 is 0 Å². The molecule has 1 aliphatic heterocycles. The van der Waals surface area contributed by atoms with Crippen molar-refractivity contribution in [1.29, 1.82) is 0 Å². The molecule has 1 saturated heterocycles. The van der Waals surface area contributed by atoms with Gasteiger partial charge in [0.05, 0.1) is 7.11 Å².